The number of aromatic nitrogens is 4. The van der Waals surface area contributed by atoms with Gasteiger partial charge in [-0.3, -0.25) is 0 Å². The van der Waals surface area contributed by atoms with Crippen molar-refractivity contribution in [2.24, 2.45) is 0 Å². The summed E-state index contributed by atoms with van der Waals surface area (Å²) >= 11 is 0. The number of urea groups is 1. The summed E-state index contributed by atoms with van der Waals surface area (Å²) in [6, 6.07) is 7.22. The van der Waals surface area contributed by atoms with Gasteiger partial charge in [-0.05, 0) is 32.0 Å². The van der Waals surface area contributed by atoms with Crippen molar-refractivity contribution in [1.82, 2.24) is 34.4 Å². The van der Waals surface area contributed by atoms with Crippen LogP contribution in [0.4, 0.5) is 30.9 Å². The lowest BCUT2D eigenvalue weighted by Crippen LogP contribution is -2.53. The highest BCUT2D eigenvalue weighted by Crippen LogP contribution is 2.44. The highest BCUT2D eigenvalue weighted by atomic mass is 19.3. The zero-order valence-corrected chi connectivity index (χ0v) is 23.7. The van der Waals surface area contributed by atoms with Crippen LogP contribution in [-0.2, 0) is 10.4 Å². The average Bonchev–Trinajstić information content (AvgIpc) is 3.64. The van der Waals surface area contributed by atoms with Crippen LogP contribution in [0.3, 0.4) is 0 Å². The molecule has 42 heavy (non-hydrogen) atoms. The number of piperidine rings is 1. The van der Waals surface area contributed by atoms with E-state index in [-0.39, 0.29) is 17.8 Å². The lowest BCUT2D eigenvalue weighted by atomic mass is 10.0. The number of rotatable bonds is 4. The number of carbonyl (C=O) groups is 1. The molecule has 0 bridgehead atoms. The van der Waals surface area contributed by atoms with Crippen LogP contribution in [0.25, 0.3) is 11.0 Å². The number of nitrogens with zero attached hydrogens (tertiary/aromatic N) is 8. The number of carbonyl (C=O) groups excluding carboxylic acids is 1. The van der Waals surface area contributed by atoms with Gasteiger partial charge in [0.2, 0.25) is 11.6 Å². The minimum atomic E-state index is -2.83. The van der Waals surface area contributed by atoms with Crippen molar-refractivity contribution in [2.45, 2.75) is 31.0 Å². The van der Waals surface area contributed by atoms with Gasteiger partial charge in [-0.25, -0.2) is 23.2 Å². The second kappa shape index (κ2) is 10.8. The van der Waals surface area contributed by atoms with Gasteiger partial charge in [-0.1, -0.05) is 12.1 Å². The van der Waals surface area contributed by atoms with E-state index in [1.54, 1.807) is 18.3 Å². The van der Waals surface area contributed by atoms with Crippen LogP contribution in [-0.4, -0.2) is 120 Å². The van der Waals surface area contributed by atoms with Crippen LogP contribution in [0.1, 0.15) is 24.6 Å². The number of anilines is 3. The Kier molecular flexibility index (Phi) is 6.97. The second-order valence-electron chi connectivity index (χ2n) is 11.5. The molecular weight excluding hydrogens is 546 g/mol. The molecule has 0 radical (unpaired) electrons. The smallest absolute Gasteiger partial charge is 0.320 e. The minimum Gasteiger partial charge on any atom is -0.378 e. The molecule has 4 aliphatic heterocycles. The van der Waals surface area contributed by atoms with Crippen molar-refractivity contribution in [2.75, 3.05) is 88.2 Å². The van der Waals surface area contributed by atoms with Gasteiger partial charge in [-0.15, -0.1) is 0 Å². The van der Waals surface area contributed by atoms with Crippen LogP contribution >= 0.6 is 0 Å². The topological polar surface area (TPSA) is 107 Å². The van der Waals surface area contributed by atoms with E-state index >= 15 is 8.78 Å². The predicted molar refractivity (Wildman–Crippen MR) is 154 cm³/mol. The van der Waals surface area contributed by atoms with Gasteiger partial charge in [0.05, 0.1) is 42.2 Å². The molecule has 3 saturated heterocycles. The predicted octanol–water partition coefficient (Wildman–Crippen LogP) is 2.62. The van der Waals surface area contributed by atoms with E-state index in [0.717, 1.165) is 26.2 Å². The molecule has 0 atom stereocenters. The Labute approximate surface area is 242 Å². The molecule has 12 nitrogen and oxygen atoms in total. The number of morpholine rings is 1. The van der Waals surface area contributed by atoms with Crippen molar-refractivity contribution >= 4 is 34.4 Å². The number of para-hydroxylation sites is 2. The summed E-state index contributed by atoms with van der Waals surface area (Å²) in [4.78, 5) is 30.9. The van der Waals surface area contributed by atoms with Gasteiger partial charge in [-0.2, -0.15) is 10.1 Å². The van der Waals surface area contributed by atoms with Gasteiger partial charge in [0.15, 0.2) is 5.65 Å². The molecular formula is C28H36F2N10O2. The first kappa shape index (κ1) is 27.1. The second-order valence-corrected chi connectivity index (χ2v) is 11.5. The summed E-state index contributed by atoms with van der Waals surface area (Å²) < 4.78 is 37.6. The number of fused-ring (bicyclic) bond motifs is 2. The maximum Gasteiger partial charge on any atom is 0.320 e. The third-order valence-corrected chi connectivity index (χ3v) is 8.88. The Morgan fingerprint density at radius 1 is 0.952 bits per heavy atom. The number of amides is 2. The van der Waals surface area contributed by atoms with Gasteiger partial charge in [0.1, 0.15) is 5.69 Å². The van der Waals surface area contributed by atoms with E-state index < -0.39 is 12.1 Å². The van der Waals surface area contributed by atoms with E-state index in [0.29, 0.717) is 80.6 Å². The largest absolute Gasteiger partial charge is 0.378 e. The average molecular weight is 583 g/mol. The molecule has 6 heterocycles. The third kappa shape index (κ3) is 4.66. The van der Waals surface area contributed by atoms with E-state index in [9.17, 15) is 4.79 Å². The number of likely N-dealkylation sites (tertiary alicyclic amines) is 1. The Morgan fingerprint density at radius 3 is 2.24 bits per heavy atom. The monoisotopic (exact) mass is 582 g/mol. The Hall–Kier alpha value is -3.78. The van der Waals surface area contributed by atoms with E-state index in [4.69, 9.17) is 19.8 Å². The van der Waals surface area contributed by atoms with Gasteiger partial charge in [0.25, 0.3) is 6.43 Å². The first-order valence-corrected chi connectivity index (χ1v) is 14.7. The first-order chi connectivity index (χ1) is 20.4. The van der Waals surface area contributed by atoms with Crippen molar-refractivity contribution in [1.29, 1.82) is 0 Å². The zero-order valence-electron chi connectivity index (χ0n) is 23.7. The maximum absolute atomic E-state index is 15.1. The molecule has 2 N–H and O–H groups in total. The number of hydrogen-bond acceptors (Lipinski definition) is 9. The van der Waals surface area contributed by atoms with E-state index in [2.05, 4.69) is 22.6 Å². The fraction of sp³-hybridized carbons (Fsp3) is 0.571. The third-order valence-electron chi connectivity index (χ3n) is 8.88. The molecule has 14 heteroatoms. The Bertz CT molecular complexity index is 1420. The summed E-state index contributed by atoms with van der Waals surface area (Å²) in [5, 5.41) is 11.3. The van der Waals surface area contributed by atoms with Crippen LogP contribution in [0, 0.1) is 0 Å². The molecule has 2 aromatic heterocycles. The summed E-state index contributed by atoms with van der Waals surface area (Å²) in [5.41, 5.74) is -0.0958. The highest BCUT2D eigenvalue weighted by molar-refractivity contribution is 5.85. The van der Waals surface area contributed by atoms with Crippen molar-refractivity contribution < 1.29 is 18.3 Å². The summed E-state index contributed by atoms with van der Waals surface area (Å²) in [6.45, 7) is 6.59. The number of hydrogen-bond donors (Lipinski definition) is 2. The van der Waals surface area contributed by atoms with Crippen molar-refractivity contribution in [3.63, 3.8) is 0 Å². The van der Waals surface area contributed by atoms with Crippen LogP contribution < -0.4 is 15.5 Å². The SMILES string of the molecule is CN1CCN(C(=O)N2CCC(n3ncc4c(C5(C(F)F)Nc6ccccc6N5)nc(N5CCOCC5)nc43)CC2)CC1. The van der Waals surface area contributed by atoms with Crippen LogP contribution in [0.15, 0.2) is 30.5 Å². The van der Waals surface area contributed by atoms with Crippen LogP contribution in [0.5, 0.6) is 0 Å². The molecule has 1 aromatic carbocycles. The lowest BCUT2D eigenvalue weighted by Gasteiger charge is -2.39. The molecule has 7 rings (SSSR count). The summed E-state index contributed by atoms with van der Waals surface area (Å²) in [6.07, 6.45) is 0.175. The number of piperazine rings is 1. The van der Waals surface area contributed by atoms with E-state index in [1.807, 2.05) is 31.5 Å². The van der Waals surface area contributed by atoms with Gasteiger partial charge in [0, 0.05) is 52.4 Å². The number of ether oxygens (including phenoxy) is 1. The fourth-order valence-corrected chi connectivity index (χ4v) is 6.37. The summed E-state index contributed by atoms with van der Waals surface area (Å²) in [5.74, 6) is 0.379. The molecule has 0 spiro atoms. The molecule has 4 aliphatic rings. The van der Waals surface area contributed by atoms with Crippen molar-refractivity contribution in [3.05, 3.63) is 36.2 Å². The fourth-order valence-electron chi connectivity index (χ4n) is 6.37. The maximum atomic E-state index is 15.1. The van der Waals surface area contributed by atoms with Gasteiger partial charge < -0.3 is 35.0 Å². The molecule has 3 aromatic rings. The number of halogens is 2. The number of alkyl halides is 2. The van der Waals surface area contributed by atoms with Gasteiger partial charge >= 0.3 is 6.03 Å². The van der Waals surface area contributed by atoms with Crippen molar-refractivity contribution in [3.8, 4) is 0 Å². The first-order valence-electron chi connectivity index (χ1n) is 14.7. The molecule has 3 fully saturated rings. The Morgan fingerprint density at radius 2 is 1.60 bits per heavy atom. The highest BCUT2D eigenvalue weighted by Gasteiger charge is 2.50. The lowest BCUT2D eigenvalue weighted by molar-refractivity contribution is 0.0802. The molecule has 0 saturated carbocycles. The minimum absolute atomic E-state index is 0.0245. The quantitative estimate of drug-likeness (QED) is 0.480. The normalized spacial score (nSPS) is 21.5. The molecule has 0 aliphatic carbocycles. The zero-order chi connectivity index (χ0) is 28.8. The molecule has 0 unspecified atom stereocenters. The number of benzene rings is 1. The summed E-state index contributed by atoms with van der Waals surface area (Å²) in [7, 11) is 2.07. The molecule has 2 amide bonds. The molecule has 224 valence electrons. The van der Waals surface area contributed by atoms with Crippen LogP contribution in [0.2, 0.25) is 0 Å². The number of likely N-dealkylation sites (N-methyl/N-ethyl adjacent to an activating group) is 1. The van der Waals surface area contributed by atoms with E-state index in [1.165, 1.54) is 0 Å². The number of nitrogens with one attached hydrogen (secondary N) is 2. The Balaban J connectivity index is 1.21. The standard InChI is InChI=1S/C28H36F2N10O2/c1-36-10-12-39(13-11-36)27(41)38-8-6-19(7-9-38)40-24-20(18-31-40)23(32-26(33-24)37-14-16-42-17-15-37)28(25(29)30)34-21-4-2-3-5-22(21)35-28/h2-5,18-19,25,34-35H,6-17H2,1H3.